The Morgan fingerprint density at radius 1 is 1.38 bits per heavy atom. The first-order chi connectivity index (χ1) is 9.91. The van der Waals surface area contributed by atoms with E-state index >= 15 is 0 Å². The molecule has 5 nitrogen and oxygen atoms in total. The maximum absolute atomic E-state index is 12.1. The smallest absolute Gasteiger partial charge is 0.220 e. The molecule has 2 heterocycles. The number of piperidine rings is 1. The summed E-state index contributed by atoms with van der Waals surface area (Å²) in [5.41, 5.74) is 3.65. The molecule has 21 heavy (non-hydrogen) atoms. The van der Waals surface area contributed by atoms with Crippen LogP contribution in [0.2, 0.25) is 0 Å². The molecule has 0 aliphatic carbocycles. The van der Waals surface area contributed by atoms with E-state index in [2.05, 4.69) is 29.6 Å². The van der Waals surface area contributed by atoms with Gasteiger partial charge in [-0.05, 0) is 57.2 Å². The average Bonchev–Trinajstić information content (AvgIpc) is 2.69. The van der Waals surface area contributed by atoms with Crippen molar-refractivity contribution in [2.75, 3.05) is 19.6 Å². The van der Waals surface area contributed by atoms with Crippen LogP contribution >= 0.6 is 0 Å². The molecule has 0 spiro atoms. The first-order valence-electron chi connectivity index (χ1n) is 7.88. The van der Waals surface area contributed by atoms with Crippen molar-refractivity contribution in [2.24, 2.45) is 12.5 Å². The minimum Gasteiger partial charge on any atom is -0.356 e. The summed E-state index contributed by atoms with van der Waals surface area (Å²) in [6, 6.07) is 0. The Kier molecular flexibility index (Phi) is 5.04. The average molecular weight is 292 g/mol. The third-order valence-electron chi connectivity index (χ3n) is 4.78. The molecule has 0 unspecified atom stereocenters. The van der Waals surface area contributed by atoms with E-state index in [1.807, 2.05) is 18.7 Å². The Morgan fingerprint density at radius 2 is 2.05 bits per heavy atom. The lowest BCUT2D eigenvalue weighted by atomic mass is 9.81. The SMILES string of the molecule is Cc1nn(C)c(C)c1CCC(=O)NCC1(C)CCNCC1. The Hall–Kier alpha value is -1.36. The molecule has 118 valence electrons. The Labute approximate surface area is 127 Å². The van der Waals surface area contributed by atoms with E-state index in [-0.39, 0.29) is 11.3 Å². The van der Waals surface area contributed by atoms with Gasteiger partial charge in [0.2, 0.25) is 5.91 Å². The second-order valence-electron chi connectivity index (χ2n) is 6.61. The van der Waals surface area contributed by atoms with Gasteiger partial charge in [-0.25, -0.2) is 0 Å². The maximum Gasteiger partial charge on any atom is 0.220 e. The molecule has 0 aromatic carbocycles. The van der Waals surface area contributed by atoms with Gasteiger partial charge in [0.25, 0.3) is 0 Å². The number of nitrogens with zero attached hydrogens (tertiary/aromatic N) is 2. The first-order valence-corrected chi connectivity index (χ1v) is 7.88. The molecule has 1 aromatic rings. The van der Waals surface area contributed by atoms with Gasteiger partial charge >= 0.3 is 0 Å². The number of aryl methyl sites for hydroxylation is 2. The summed E-state index contributed by atoms with van der Waals surface area (Å²) in [5.74, 6) is 0.150. The first kappa shape index (κ1) is 16.0. The number of hydrogen-bond donors (Lipinski definition) is 2. The van der Waals surface area contributed by atoms with Crippen molar-refractivity contribution in [2.45, 2.75) is 46.5 Å². The highest BCUT2D eigenvalue weighted by Crippen LogP contribution is 2.26. The number of carbonyl (C=O) groups is 1. The summed E-state index contributed by atoms with van der Waals surface area (Å²) in [5, 5.41) is 10.9. The fourth-order valence-corrected chi connectivity index (χ4v) is 3.03. The summed E-state index contributed by atoms with van der Waals surface area (Å²) in [6.07, 6.45) is 3.58. The van der Waals surface area contributed by atoms with Gasteiger partial charge in [0.05, 0.1) is 5.69 Å². The zero-order valence-electron chi connectivity index (χ0n) is 13.8. The highest BCUT2D eigenvalue weighted by molar-refractivity contribution is 5.76. The van der Waals surface area contributed by atoms with Crippen molar-refractivity contribution in [3.05, 3.63) is 17.0 Å². The van der Waals surface area contributed by atoms with Crippen LogP contribution in [0.25, 0.3) is 0 Å². The Bertz CT molecular complexity index is 501. The number of nitrogens with one attached hydrogen (secondary N) is 2. The monoisotopic (exact) mass is 292 g/mol. The minimum atomic E-state index is 0.150. The van der Waals surface area contributed by atoms with E-state index in [1.165, 1.54) is 5.56 Å². The molecule has 1 amide bonds. The molecule has 0 bridgehead atoms. The number of carbonyl (C=O) groups excluding carboxylic acids is 1. The van der Waals surface area contributed by atoms with E-state index in [1.54, 1.807) is 0 Å². The fraction of sp³-hybridized carbons (Fsp3) is 0.750. The summed E-state index contributed by atoms with van der Waals surface area (Å²) in [6.45, 7) is 9.24. The van der Waals surface area contributed by atoms with Crippen molar-refractivity contribution in [3.8, 4) is 0 Å². The molecule has 2 N–H and O–H groups in total. The lowest BCUT2D eigenvalue weighted by Gasteiger charge is -2.34. The van der Waals surface area contributed by atoms with Gasteiger partial charge in [0, 0.05) is 25.7 Å². The van der Waals surface area contributed by atoms with Crippen LogP contribution in [-0.4, -0.2) is 35.3 Å². The number of hydrogen-bond acceptors (Lipinski definition) is 3. The summed E-state index contributed by atoms with van der Waals surface area (Å²) in [4.78, 5) is 12.1. The molecule has 5 heteroatoms. The lowest BCUT2D eigenvalue weighted by Crippen LogP contribution is -2.42. The predicted molar refractivity (Wildman–Crippen MR) is 84.2 cm³/mol. The molecular formula is C16H28N4O. The van der Waals surface area contributed by atoms with Gasteiger partial charge in [-0.3, -0.25) is 9.48 Å². The molecule has 1 fully saturated rings. The summed E-state index contributed by atoms with van der Waals surface area (Å²) >= 11 is 0. The molecule has 0 radical (unpaired) electrons. The molecule has 0 atom stereocenters. The lowest BCUT2D eigenvalue weighted by molar-refractivity contribution is -0.121. The van der Waals surface area contributed by atoms with Crippen LogP contribution in [0.3, 0.4) is 0 Å². The standard InChI is InChI=1S/C16H28N4O/c1-12-14(13(2)20(4)19-12)5-6-15(21)18-11-16(3)7-9-17-10-8-16/h17H,5-11H2,1-4H3,(H,18,21). The minimum absolute atomic E-state index is 0.150. The van der Waals surface area contributed by atoms with Crippen molar-refractivity contribution in [1.29, 1.82) is 0 Å². The highest BCUT2D eigenvalue weighted by atomic mass is 16.1. The van der Waals surface area contributed by atoms with Gasteiger partial charge in [-0.15, -0.1) is 0 Å². The van der Waals surface area contributed by atoms with Crippen LogP contribution in [0.4, 0.5) is 0 Å². The summed E-state index contributed by atoms with van der Waals surface area (Å²) < 4.78 is 1.89. The van der Waals surface area contributed by atoms with Crippen molar-refractivity contribution in [3.63, 3.8) is 0 Å². The van der Waals surface area contributed by atoms with Crippen molar-refractivity contribution in [1.82, 2.24) is 20.4 Å². The molecule has 1 aromatic heterocycles. The largest absolute Gasteiger partial charge is 0.356 e. The Morgan fingerprint density at radius 3 is 2.62 bits per heavy atom. The van der Waals surface area contributed by atoms with Crippen molar-refractivity contribution >= 4 is 5.91 Å². The molecule has 1 aliphatic heterocycles. The van der Waals surface area contributed by atoms with E-state index in [4.69, 9.17) is 0 Å². The van der Waals surface area contributed by atoms with Crippen molar-refractivity contribution < 1.29 is 4.79 Å². The van der Waals surface area contributed by atoms with E-state index < -0.39 is 0 Å². The molecular weight excluding hydrogens is 264 g/mol. The van der Waals surface area contributed by atoms with Gasteiger partial charge in [0.15, 0.2) is 0 Å². The third-order valence-corrected chi connectivity index (χ3v) is 4.78. The van der Waals surface area contributed by atoms with Crippen LogP contribution < -0.4 is 10.6 Å². The van der Waals surface area contributed by atoms with Gasteiger partial charge < -0.3 is 10.6 Å². The predicted octanol–water partition coefficient (Wildman–Crippen LogP) is 1.48. The second kappa shape index (κ2) is 6.60. The quantitative estimate of drug-likeness (QED) is 0.864. The fourth-order valence-electron chi connectivity index (χ4n) is 3.03. The number of aromatic nitrogens is 2. The Balaban J connectivity index is 1.79. The normalized spacial score (nSPS) is 17.7. The van der Waals surface area contributed by atoms with Gasteiger partial charge in [-0.1, -0.05) is 6.92 Å². The topological polar surface area (TPSA) is 59.0 Å². The number of rotatable bonds is 5. The zero-order chi connectivity index (χ0) is 15.5. The summed E-state index contributed by atoms with van der Waals surface area (Å²) in [7, 11) is 1.95. The molecule has 0 saturated carbocycles. The molecule has 1 saturated heterocycles. The van der Waals surface area contributed by atoms with Crippen LogP contribution in [-0.2, 0) is 18.3 Å². The van der Waals surface area contributed by atoms with Crippen LogP contribution in [0.1, 0.15) is 43.1 Å². The van der Waals surface area contributed by atoms with E-state index in [0.717, 1.165) is 50.3 Å². The van der Waals surface area contributed by atoms with E-state index in [0.29, 0.717) is 6.42 Å². The van der Waals surface area contributed by atoms with Crippen LogP contribution in [0.5, 0.6) is 0 Å². The van der Waals surface area contributed by atoms with Crippen LogP contribution in [0.15, 0.2) is 0 Å². The molecule has 2 rings (SSSR count). The second-order valence-corrected chi connectivity index (χ2v) is 6.61. The zero-order valence-corrected chi connectivity index (χ0v) is 13.8. The van der Waals surface area contributed by atoms with Gasteiger partial charge in [0.1, 0.15) is 0 Å². The highest BCUT2D eigenvalue weighted by Gasteiger charge is 2.26. The van der Waals surface area contributed by atoms with Gasteiger partial charge in [-0.2, -0.15) is 5.10 Å². The third kappa shape index (κ3) is 4.06. The van der Waals surface area contributed by atoms with Crippen LogP contribution in [0, 0.1) is 19.3 Å². The maximum atomic E-state index is 12.1. The number of amides is 1. The molecule has 1 aliphatic rings. The van der Waals surface area contributed by atoms with E-state index in [9.17, 15) is 4.79 Å².